The van der Waals surface area contributed by atoms with Crippen LogP contribution in [-0.4, -0.2) is 33.2 Å². The van der Waals surface area contributed by atoms with E-state index in [9.17, 15) is 4.79 Å². The fourth-order valence-electron chi connectivity index (χ4n) is 1.01. The fraction of sp³-hybridized carbons (Fsp3) is 0.444. The summed E-state index contributed by atoms with van der Waals surface area (Å²) in [6, 6.07) is 3.51. The summed E-state index contributed by atoms with van der Waals surface area (Å²) in [5, 5.41) is 0. The van der Waals surface area contributed by atoms with Crippen molar-refractivity contribution in [3.8, 4) is 0 Å². The smallest absolute Gasteiger partial charge is 0.251 e. The van der Waals surface area contributed by atoms with Gasteiger partial charge in [-0.2, -0.15) is 0 Å². The number of anilines is 2. The number of aromatic amines is 1. The van der Waals surface area contributed by atoms with Crippen LogP contribution >= 0.6 is 0 Å². The Morgan fingerprint density at radius 1 is 1.08 bits per heavy atom. The van der Waals surface area contributed by atoms with E-state index in [4.69, 9.17) is 0 Å². The van der Waals surface area contributed by atoms with Crippen molar-refractivity contribution >= 4 is 11.5 Å². The zero-order valence-electron chi connectivity index (χ0n) is 8.46. The monoisotopic (exact) mass is 181 g/mol. The topological polar surface area (TPSA) is 39.3 Å². The predicted molar refractivity (Wildman–Crippen MR) is 55.7 cm³/mol. The minimum atomic E-state index is -0.0742. The molecule has 1 heterocycles. The average molecular weight is 181 g/mol. The molecule has 0 fully saturated rings. The van der Waals surface area contributed by atoms with Crippen LogP contribution < -0.4 is 15.4 Å². The second kappa shape index (κ2) is 3.51. The van der Waals surface area contributed by atoms with Crippen LogP contribution in [0.5, 0.6) is 0 Å². The summed E-state index contributed by atoms with van der Waals surface area (Å²) in [4.78, 5) is 17.7. The van der Waals surface area contributed by atoms with E-state index in [1.807, 2.05) is 44.1 Å². The molecular formula is C9H15N3O. The van der Waals surface area contributed by atoms with Crippen LogP contribution in [0.3, 0.4) is 0 Å². The van der Waals surface area contributed by atoms with Crippen molar-refractivity contribution in [2.75, 3.05) is 38.0 Å². The Kier molecular flexibility index (Phi) is 2.60. The molecule has 13 heavy (non-hydrogen) atoms. The molecule has 0 aliphatic rings. The minimum absolute atomic E-state index is 0.0742. The van der Waals surface area contributed by atoms with Crippen molar-refractivity contribution in [2.45, 2.75) is 0 Å². The Hall–Kier alpha value is -1.45. The first-order chi connectivity index (χ1) is 6.00. The summed E-state index contributed by atoms with van der Waals surface area (Å²) in [6.45, 7) is 0. The van der Waals surface area contributed by atoms with Crippen molar-refractivity contribution in [1.82, 2.24) is 4.98 Å². The van der Waals surface area contributed by atoms with Crippen molar-refractivity contribution in [2.24, 2.45) is 0 Å². The number of pyridine rings is 1. The summed E-state index contributed by atoms with van der Waals surface area (Å²) < 4.78 is 0. The van der Waals surface area contributed by atoms with Gasteiger partial charge < -0.3 is 14.8 Å². The van der Waals surface area contributed by atoms with E-state index in [-0.39, 0.29) is 5.56 Å². The average Bonchev–Trinajstić information content (AvgIpc) is 2.03. The highest BCUT2D eigenvalue weighted by atomic mass is 16.1. The molecule has 0 aromatic carbocycles. The summed E-state index contributed by atoms with van der Waals surface area (Å²) in [6.07, 6.45) is 0. The molecule has 0 saturated carbocycles. The van der Waals surface area contributed by atoms with Crippen LogP contribution in [0.25, 0.3) is 0 Å². The van der Waals surface area contributed by atoms with Gasteiger partial charge in [0.2, 0.25) is 0 Å². The van der Waals surface area contributed by atoms with Gasteiger partial charge in [-0.15, -0.1) is 0 Å². The lowest BCUT2D eigenvalue weighted by Gasteiger charge is -2.16. The zero-order chi connectivity index (χ0) is 10.0. The van der Waals surface area contributed by atoms with Gasteiger partial charge in [0.25, 0.3) is 5.56 Å². The van der Waals surface area contributed by atoms with Crippen molar-refractivity contribution < 1.29 is 0 Å². The zero-order valence-corrected chi connectivity index (χ0v) is 8.46. The summed E-state index contributed by atoms with van der Waals surface area (Å²) in [5.74, 6) is 0.816. The summed E-state index contributed by atoms with van der Waals surface area (Å²) in [5.41, 5.74) is 0.836. The van der Waals surface area contributed by atoms with E-state index < -0.39 is 0 Å². The van der Waals surface area contributed by atoms with Crippen LogP contribution in [-0.2, 0) is 0 Å². The minimum Gasteiger partial charge on any atom is -0.377 e. The van der Waals surface area contributed by atoms with Crippen LogP contribution in [0.2, 0.25) is 0 Å². The van der Waals surface area contributed by atoms with Gasteiger partial charge in [0.15, 0.2) is 0 Å². The van der Waals surface area contributed by atoms with Crippen molar-refractivity contribution in [1.29, 1.82) is 0 Å². The standard InChI is InChI=1S/C9H15N3O/c1-11(2)7-5-8(12(3)4)10-9(13)6-7/h5-6H,1-4H3,(H,10,13). The van der Waals surface area contributed by atoms with Gasteiger partial charge in [-0.3, -0.25) is 4.79 Å². The van der Waals surface area contributed by atoms with Gasteiger partial charge in [0.05, 0.1) is 0 Å². The van der Waals surface area contributed by atoms with Gasteiger partial charge in [-0.1, -0.05) is 0 Å². The normalized spacial score (nSPS) is 9.85. The summed E-state index contributed by atoms with van der Waals surface area (Å²) >= 11 is 0. The first-order valence-corrected chi connectivity index (χ1v) is 4.09. The van der Waals surface area contributed by atoms with E-state index in [0.29, 0.717) is 0 Å². The molecule has 0 radical (unpaired) electrons. The van der Waals surface area contributed by atoms with E-state index in [1.165, 1.54) is 0 Å². The Morgan fingerprint density at radius 2 is 1.69 bits per heavy atom. The molecule has 1 rings (SSSR count). The van der Waals surface area contributed by atoms with E-state index >= 15 is 0 Å². The Balaban J connectivity index is 3.19. The molecule has 4 nitrogen and oxygen atoms in total. The van der Waals surface area contributed by atoms with Gasteiger partial charge in [0, 0.05) is 46.0 Å². The van der Waals surface area contributed by atoms with Gasteiger partial charge >= 0.3 is 0 Å². The maximum absolute atomic E-state index is 11.2. The van der Waals surface area contributed by atoms with Gasteiger partial charge in [-0.25, -0.2) is 0 Å². The first-order valence-electron chi connectivity index (χ1n) is 4.09. The molecule has 4 heteroatoms. The third kappa shape index (κ3) is 2.24. The fourth-order valence-corrected chi connectivity index (χ4v) is 1.01. The van der Waals surface area contributed by atoms with Crippen molar-refractivity contribution in [3.63, 3.8) is 0 Å². The summed E-state index contributed by atoms with van der Waals surface area (Å²) in [7, 11) is 7.61. The number of aromatic nitrogens is 1. The lowest BCUT2D eigenvalue weighted by molar-refractivity contribution is 1.03. The third-order valence-electron chi connectivity index (χ3n) is 1.81. The highest BCUT2D eigenvalue weighted by molar-refractivity contribution is 5.53. The van der Waals surface area contributed by atoms with Crippen LogP contribution in [0.15, 0.2) is 16.9 Å². The highest BCUT2D eigenvalue weighted by Crippen LogP contribution is 2.13. The van der Waals surface area contributed by atoms with Crippen LogP contribution in [0.4, 0.5) is 11.5 Å². The number of nitrogens with zero attached hydrogens (tertiary/aromatic N) is 2. The lowest BCUT2D eigenvalue weighted by atomic mass is 10.3. The lowest BCUT2D eigenvalue weighted by Crippen LogP contribution is -2.19. The maximum atomic E-state index is 11.2. The molecule has 1 aromatic rings. The quantitative estimate of drug-likeness (QED) is 0.722. The molecule has 72 valence electrons. The molecular weight excluding hydrogens is 166 g/mol. The Bertz CT molecular complexity index is 312. The van der Waals surface area contributed by atoms with Gasteiger partial charge in [-0.05, 0) is 0 Å². The molecule has 0 amide bonds. The molecule has 0 atom stereocenters. The number of nitrogens with one attached hydrogen (secondary N) is 1. The van der Waals surface area contributed by atoms with Crippen LogP contribution in [0.1, 0.15) is 0 Å². The van der Waals surface area contributed by atoms with Gasteiger partial charge in [0.1, 0.15) is 5.82 Å². The van der Waals surface area contributed by atoms with E-state index in [2.05, 4.69) is 4.98 Å². The van der Waals surface area contributed by atoms with Crippen LogP contribution in [0, 0.1) is 0 Å². The maximum Gasteiger partial charge on any atom is 0.251 e. The molecule has 0 aliphatic heterocycles. The second-order valence-electron chi connectivity index (χ2n) is 3.38. The second-order valence-corrected chi connectivity index (χ2v) is 3.38. The van der Waals surface area contributed by atoms with E-state index in [1.54, 1.807) is 6.07 Å². The highest BCUT2D eigenvalue weighted by Gasteiger charge is 2.01. The third-order valence-corrected chi connectivity index (χ3v) is 1.81. The largest absolute Gasteiger partial charge is 0.377 e. The molecule has 0 bridgehead atoms. The molecule has 0 spiro atoms. The molecule has 0 aliphatic carbocycles. The number of H-pyrrole nitrogens is 1. The Labute approximate surface area is 77.8 Å². The number of rotatable bonds is 2. The SMILES string of the molecule is CN(C)c1cc(N(C)C)[nH]c(=O)c1. The number of hydrogen-bond acceptors (Lipinski definition) is 3. The predicted octanol–water partition coefficient (Wildman–Crippen LogP) is 0.507. The molecule has 1 aromatic heterocycles. The molecule has 0 unspecified atom stereocenters. The molecule has 0 saturated heterocycles. The molecule has 1 N–H and O–H groups in total. The first kappa shape index (κ1) is 9.64. The Morgan fingerprint density at radius 3 is 2.15 bits per heavy atom. The van der Waals surface area contributed by atoms with E-state index in [0.717, 1.165) is 11.5 Å². The number of hydrogen-bond donors (Lipinski definition) is 1. The van der Waals surface area contributed by atoms with Crippen molar-refractivity contribution in [3.05, 3.63) is 22.5 Å².